The Morgan fingerprint density at radius 2 is 2.00 bits per heavy atom. The van der Waals surface area contributed by atoms with E-state index in [0.717, 1.165) is 12.8 Å². The molecule has 2 atom stereocenters. The van der Waals surface area contributed by atoms with Gasteiger partial charge in [0.05, 0.1) is 0 Å². The van der Waals surface area contributed by atoms with Gasteiger partial charge in [0.25, 0.3) is 0 Å². The molecular weight excluding hydrogens is 152 g/mol. The molecule has 2 nitrogen and oxygen atoms in total. The highest BCUT2D eigenvalue weighted by Crippen LogP contribution is 2.64. The maximum atomic E-state index is 11.4. The number of carbonyl (C=O) groups excluding carboxylic acids is 2. The Labute approximate surface area is 70.6 Å². The standard InChI is InChI=1S/C10H10O2/c11-8-5-6-1-2-7(9(8)12)10(6)3-4-10/h1-2,6-7H,3-5H2/t6-,7+/m0/s1. The summed E-state index contributed by atoms with van der Waals surface area (Å²) in [6.45, 7) is 0. The van der Waals surface area contributed by atoms with E-state index in [1.54, 1.807) is 0 Å². The van der Waals surface area contributed by atoms with E-state index in [1.165, 1.54) is 0 Å². The first-order chi connectivity index (χ1) is 5.74. The van der Waals surface area contributed by atoms with E-state index in [9.17, 15) is 9.59 Å². The number of rotatable bonds is 0. The Morgan fingerprint density at radius 1 is 1.25 bits per heavy atom. The summed E-state index contributed by atoms with van der Waals surface area (Å²) in [6.07, 6.45) is 6.82. The van der Waals surface area contributed by atoms with E-state index in [2.05, 4.69) is 6.08 Å². The monoisotopic (exact) mass is 162 g/mol. The first kappa shape index (κ1) is 6.58. The van der Waals surface area contributed by atoms with Crippen LogP contribution in [0.15, 0.2) is 12.2 Å². The van der Waals surface area contributed by atoms with E-state index < -0.39 is 0 Å². The average Bonchev–Trinajstić information content (AvgIpc) is 2.73. The topological polar surface area (TPSA) is 34.1 Å². The molecule has 3 aliphatic carbocycles. The zero-order valence-corrected chi connectivity index (χ0v) is 6.75. The highest BCUT2D eigenvalue weighted by molar-refractivity contribution is 6.39. The third kappa shape index (κ3) is 0.542. The maximum absolute atomic E-state index is 11.4. The van der Waals surface area contributed by atoms with Gasteiger partial charge in [0, 0.05) is 12.3 Å². The van der Waals surface area contributed by atoms with Crippen molar-refractivity contribution in [3.63, 3.8) is 0 Å². The molecule has 0 radical (unpaired) electrons. The Morgan fingerprint density at radius 3 is 2.67 bits per heavy atom. The van der Waals surface area contributed by atoms with Crippen LogP contribution >= 0.6 is 0 Å². The molecule has 12 heavy (non-hydrogen) atoms. The van der Waals surface area contributed by atoms with Gasteiger partial charge in [0.15, 0.2) is 5.78 Å². The van der Waals surface area contributed by atoms with Crippen LogP contribution in [0.4, 0.5) is 0 Å². The van der Waals surface area contributed by atoms with E-state index in [1.807, 2.05) is 6.08 Å². The lowest BCUT2D eigenvalue weighted by Gasteiger charge is -2.27. The van der Waals surface area contributed by atoms with Crippen LogP contribution in [0, 0.1) is 17.3 Å². The van der Waals surface area contributed by atoms with Crippen molar-refractivity contribution >= 4 is 11.6 Å². The summed E-state index contributed by atoms with van der Waals surface area (Å²) in [6, 6.07) is 0. The van der Waals surface area contributed by atoms with E-state index in [4.69, 9.17) is 0 Å². The first-order valence-electron chi connectivity index (χ1n) is 4.49. The summed E-state index contributed by atoms with van der Waals surface area (Å²) >= 11 is 0. The molecule has 2 saturated carbocycles. The molecule has 3 aliphatic rings. The lowest BCUT2D eigenvalue weighted by molar-refractivity contribution is -0.142. The van der Waals surface area contributed by atoms with Gasteiger partial charge in [-0.05, 0) is 24.2 Å². The van der Waals surface area contributed by atoms with Crippen LogP contribution < -0.4 is 0 Å². The lowest BCUT2D eigenvalue weighted by Crippen LogP contribution is -2.37. The molecule has 0 aromatic heterocycles. The molecule has 0 aromatic carbocycles. The number of hydrogen-bond acceptors (Lipinski definition) is 2. The third-order valence-corrected chi connectivity index (χ3v) is 3.68. The van der Waals surface area contributed by atoms with E-state index >= 15 is 0 Å². The molecule has 0 aromatic rings. The van der Waals surface area contributed by atoms with Crippen LogP contribution in [0.2, 0.25) is 0 Å². The second-order valence-corrected chi connectivity index (χ2v) is 4.19. The molecule has 0 heterocycles. The molecule has 3 rings (SSSR count). The first-order valence-corrected chi connectivity index (χ1v) is 4.49. The van der Waals surface area contributed by atoms with Crippen molar-refractivity contribution in [2.75, 3.05) is 0 Å². The van der Waals surface area contributed by atoms with Gasteiger partial charge >= 0.3 is 0 Å². The molecular formula is C10H10O2. The van der Waals surface area contributed by atoms with E-state index in [0.29, 0.717) is 12.3 Å². The zero-order valence-electron chi connectivity index (χ0n) is 6.75. The Bertz CT molecular complexity index is 310. The summed E-state index contributed by atoms with van der Waals surface area (Å²) < 4.78 is 0. The minimum Gasteiger partial charge on any atom is -0.291 e. The fourth-order valence-corrected chi connectivity index (χ4v) is 2.78. The molecule has 0 N–H and O–H groups in total. The van der Waals surface area contributed by atoms with Gasteiger partial charge in [-0.25, -0.2) is 0 Å². The number of carbonyl (C=O) groups is 2. The molecule has 1 spiro atoms. The van der Waals surface area contributed by atoms with Crippen molar-refractivity contribution in [2.45, 2.75) is 19.3 Å². The SMILES string of the molecule is O=C1C[C@@H]2C=C[C@H](C1=O)C21CC1. The maximum Gasteiger partial charge on any atom is 0.205 e. The van der Waals surface area contributed by atoms with Crippen molar-refractivity contribution in [3.8, 4) is 0 Å². The van der Waals surface area contributed by atoms with Crippen molar-refractivity contribution in [1.29, 1.82) is 0 Å². The summed E-state index contributed by atoms with van der Waals surface area (Å²) in [7, 11) is 0. The highest BCUT2D eigenvalue weighted by atomic mass is 16.2. The molecule has 0 saturated heterocycles. The fraction of sp³-hybridized carbons (Fsp3) is 0.600. The van der Waals surface area contributed by atoms with E-state index in [-0.39, 0.29) is 22.9 Å². The second kappa shape index (κ2) is 1.70. The van der Waals surface area contributed by atoms with Gasteiger partial charge in [-0.2, -0.15) is 0 Å². The quantitative estimate of drug-likeness (QED) is 0.395. The molecule has 62 valence electrons. The van der Waals surface area contributed by atoms with Gasteiger partial charge in [0.1, 0.15) is 0 Å². The Hall–Kier alpha value is -0.920. The number of hydrogen-bond donors (Lipinski definition) is 0. The van der Waals surface area contributed by atoms with Crippen LogP contribution in [-0.4, -0.2) is 11.6 Å². The lowest BCUT2D eigenvalue weighted by atomic mass is 9.73. The highest BCUT2D eigenvalue weighted by Gasteiger charge is 2.62. The largest absolute Gasteiger partial charge is 0.291 e. The van der Waals surface area contributed by atoms with Crippen molar-refractivity contribution in [3.05, 3.63) is 12.2 Å². The Kier molecular flexibility index (Phi) is 0.935. The summed E-state index contributed by atoms with van der Waals surface area (Å²) in [5.41, 5.74) is 0.227. The van der Waals surface area contributed by atoms with Gasteiger partial charge in [0.2, 0.25) is 5.78 Å². The van der Waals surface area contributed by atoms with Crippen molar-refractivity contribution in [2.24, 2.45) is 17.3 Å². The number of ketones is 2. The molecule has 0 unspecified atom stereocenters. The predicted molar refractivity (Wildman–Crippen MR) is 42.4 cm³/mol. The fourth-order valence-electron chi connectivity index (χ4n) is 2.78. The zero-order chi connectivity index (χ0) is 8.34. The smallest absolute Gasteiger partial charge is 0.205 e. The third-order valence-electron chi connectivity index (χ3n) is 3.68. The molecule has 2 fully saturated rings. The minimum absolute atomic E-state index is 0.0382. The van der Waals surface area contributed by atoms with Crippen LogP contribution in [-0.2, 0) is 9.59 Å². The van der Waals surface area contributed by atoms with Crippen molar-refractivity contribution in [1.82, 2.24) is 0 Å². The minimum atomic E-state index is -0.146. The second-order valence-electron chi connectivity index (χ2n) is 4.19. The number of Topliss-reactive ketones (excluding diaryl/α,β-unsaturated/α-hetero) is 2. The molecule has 2 heteroatoms. The van der Waals surface area contributed by atoms with Crippen molar-refractivity contribution < 1.29 is 9.59 Å². The molecule has 0 amide bonds. The van der Waals surface area contributed by atoms with Gasteiger partial charge in [-0.1, -0.05) is 12.2 Å². The van der Waals surface area contributed by atoms with Crippen LogP contribution in [0.5, 0.6) is 0 Å². The predicted octanol–water partition coefficient (Wildman–Crippen LogP) is 1.11. The summed E-state index contributed by atoms with van der Waals surface area (Å²) in [5.74, 6) is 0.0847. The average molecular weight is 162 g/mol. The number of allylic oxidation sites excluding steroid dienone is 2. The van der Waals surface area contributed by atoms with Gasteiger partial charge in [-0.15, -0.1) is 0 Å². The molecule has 2 bridgehead atoms. The summed E-state index contributed by atoms with van der Waals surface area (Å²) in [5, 5.41) is 0. The van der Waals surface area contributed by atoms with Crippen LogP contribution in [0.25, 0.3) is 0 Å². The van der Waals surface area contributed by atoms with Gasteiger partial charge < -0.3 is 0 Å². The van der Waals surface area contributed by atoms with Gasteiger partial charge in [-0.3, -0.25) is 9.59 Å². The summed E-state index contributed by atoms with van der Waals surface area (Å²) in [4.78, 5) is 22.6. The molecule has 0 aliphatic heterocycles. The van der Waals surface area contributed by atoms with Crippen LogP contribution in [0.3, 0.4) is 0 Å². The van der Waals surface area contributed by atoms with Crippen LogP contribution in [0.1, 0.15) is 19.3 Å². The normalized spacial score (nSPS) is 41.0. The Balaban J connectivity index is 2.08.